The van der Waals surface area contributed by atoms with Crippen LogP contribution in [0.4, 0.5) is 0 Å². The van der Waals surface area contributed by atoms with E-state index in [1.165, 1.54) is 6.08 Å². The molecule has 2 N–H and O–H groups in total. The zero-order valence-corrected chi connectivity index (χ0v) is 6.70. The molecule has 0 rings (SSSR count). The predicted octanol–water partition coefficient (Wildman–Crippen LogP) is 0.554. The molecule has 2 heteroatoms. The summed E-state index contributed by atoms with van der Waals surface area (Å²) in [6, 6.07) is 0. The Kier molecular flexibility index (Phi) is 4.60. The average molecular weight is 154 g/mol. The fourth-order valence-corrected chi connectivity index (χ4v) is 0.749. The van der Waals surface area contributed by atoms with Crippen LogP contribution in [0.1, 0.15) is 13.3 Å². The van der Waals surface area contributed by atoms with E-state index in [9.17, 15) is 10.2 Å². The fourth-order valence-electron chi connectivity index (χ4n) is 0.749. The van der Waals surface area contributed by atoms with Crippen LogP contribution in [-0.4, -0.2) is 22.4 Å². The van der Waals surface area contributed by atoms with Crippen LogP contribution in [-0.2, 0) is 0 Å². The van der Waals surface area contributed by atoms with Crippen LogP contribution < -0.4 is 0 Å². The van der Waals surface area contributed by atoms with Gasteiger partial charge < -0.3 is 10.2 Å². The van der Waals surface area contributed by atoms with Crippen molar-refractivity contribution in [1.82, 2.24) is 0 Å². The Morgan fingerprint density at radius 1 is 1.64 bits per heavy atom. The maximum atomic E-state index is 9.27. The monoisotopic (exact) mass is 154 g/mol. The van der Waals surface area contributed by atoms with Gasteiger partial charge in [0.05, 0.1) is 12.2 Å². The van der Waals surface area contributed by atoms with Crippen LogP contribution in [0.5, 0.6) is 0 Å². The van der Waals surface area contributed by atoms with Crippen molar-refractivity contribution in [2.24, 2.45) is 5.92 Å². The molecule has 0 unspecified atom stereocenters. The summed E-state index contributed by atoms with van der Waals surface area (Å²) < 4.78 is 0. The lowest BCUT2D eigenvalue weighted by Gasteiger charge is -2.19. The molecule has 0 aliphatic rings. The Hall–Kier alpha value is -0.780. The molecule has 11 heavy (non-hydrogen) atoms. The summed E-state index contributed by atoms with van der Waals surface area (Å²) in [5, 5.41) is 18.4. The zero-order valence-electron chi connectivity index (χ0n) is 6.70. The third-order valence-corrected chi connectivity index (χ3v) is 1.71. The van der Waals surface area contributed by atoms with Crippen molar-refractivity contribution in [2.45, 2.75) is 25.6 Å². The lowest BCUT2D eigenvalue weighted by atomic mass is 9.96. The van der Waals surface area contributed by atoms with E-state index >= 15 is 0 Å². The van der Waals surface area contributed by atoms with Crippen LogP contribution in [0.15, 0.2) is 12.7 Å². The first-order valence-electron chi connectivity index (χ1n) is 3.55. The molecule has 0 spiro atoms. The second kappa shape index (κ2) is 4.95. The minimum absolute atomic E-state index is 0.247. The van der Waals surface area contributed by atoms with Crippen LogP contribution in [0.25, 0.3) is 0 Å². The topological polar surface area (TPSA) is 40.5 Å². The number of aliphatic hydroxyl groups excluding tert-OH is 2. The molecular weight excluding hydrogens is 140 g/mol. The van der Waals surface area contributed by atoms with E-state index in [0.29, 0.717) is 0 Å². The first kappa shape index (κ1) is 10.2. The average Bonchev–Trinajstić information content (AvgIpc) is 2.02. The molecule has 2 nitrogen and oxygen atoms in total. The molecule has 0 saturated heterocycles. The van der Waals surface area contributed by atoms with E-state index in [4.69, 9.17) is 6.42 Å². The van der Waals surface area contributed by atoms with Gasteiger partial charge in [-0.25, -0.2) is 0 Å². The van der Waals surface area contributed by atoms with E-state index in [2.05, 4.69) is 12.5 Å². The molecule has 62 valence electrons. The van der Waals surface area contributed by atoms with Crippen molar-refractivity contribution in [1.29, 1.82) is 0 Å². The number of rotatable bonds is 4. The minimum atomic E-state index is -0.682. The Bertz CT molecular complexity index is 157. The maximum Gasteiger partial charge on any atom is 0.0768 e. The molecular formula is C9H14O2. The van der Waals surface area contributed by atoms with Gasteiger partial charge in [0.15, 0.2) is 0 Å². The van der Waals surface area contributed by atoms with Gasteiger partial charge in [-0.3, -0.25) is 0 Å². The highest BCUT2D eigenvalue weighted by Crippen LogP contribution is 2.11. The molecule has 0 aromatic carbocycles. The van der Waals surface area contributed by atoms with E-state index < -0.39 is 12.2 Å². The smallest absolute Gasteiger partial charge is 0.0768 e. The molecule has 0 radical (unpaired) electrons. The largest absolute Gasteiger partial charge is 0.392 e. The van der Waals surface area contributed by atoms with Crippen LogP contribution >= 0.6 is 0 Å². The number of terminal acetylenes is 1. The van der Waals surface area contributed by atoms with Crippen molar-refractivity contribution in [3.05, 3.63) is 12.7 Å². The molecule has 0 aromatic heterocycles. The van der Waals surface area contributed by atoms with Crippen molar-refractivity contribution >= 4 is 0 Å². The molecule has 0 fully saturated rings. The van der Waals surface area contributed by atoms with Gasteiger partial charge in [-0.1, -0.05) is 13.0 Å². The Balaban J connectivity index is 3.91. The highest BCUT2D eigenvalue weighted by Gasteiger charge is 2.18. The summed E-state index contributed by atoms with van der Waals surface area (Å²) >= 11 is 0. The highest BCUT2D eigenvalue weighted by atomic mass is 16.3. The summed E-state index contributed by atoms with van der Waals surface area (Å²) in [7, 11) is 0. The molecule has 0 amide bonds. The Labute approximate surface area is 67.6 Å². The van der Waals surface area contributed by atoms with Gasteiger partial charge in [0.2, 0.25) is 0 Å². The number of aliphatic hydroxyl groups is 2. The summed E-state index contributed by atoms with van der Waals surface area (Å²) in [4.78, 5) is 0. The first-order valence-corrected chi connectivity index (χ1v) is 3.55. The quantitative estimate of drug-likeness (QED) is 0.458. The van der Waals surface area contributed by atoms with Gasteiger partial charge in [0, 0.05) is 12.3 Å². The van der Waals surface area contributed by atoms with E-state index in [-0.39, 0.29) is 12.3 Å². The van der Waals surface area contributed by atoms with Gasteiger partial charge in [0.1, 0.15) is 0 Å². The Morgan fingerprint density at radius 3 is 2.55 bits per heavy atom. The second-order valence-corrected chi connectivity index (χ2v) is 2.56. The maximum absolute atomic E-state index is 9.27. The van der Waals surface area contributed by atoms with E-state index in [1.54, 1.807) is 6.92 Å². The molecule has 3 atom stereocenters. The number of hydrogen-bond donors (Lipinski definition) is 2. The molecule has 0 heterocycles. The summed E-state index contributed by atoms with van der Waals surface area (Å²) in [6.07, 6.45) is 5.33. The first-order chi connectivity index (χ1) is 5.13. The van der Waals surface area contributed by atoms with Crippen molar-refractivity contribution in [3.8, 4) is 12.3 Å². The van der Waals surface area contributed by atoms with E-state index in [1.807, 2.05) is 0 Å². The molecule has 0 saturated carbocycles. The van der Waals surface area contributed by atoms with E-state index in [0.717, 1.165) is 0 Å². The lowest BCUT2D eigenvalue weighted by Crippen LogP contribution is -2.27. The van der Waals surface area contributed by atoms with Crippen LogP contribution in [0, 0.1) is 18.3 Å². The molecule has 0 bridgehead atoms. The predicted molar refractivity (Wildman–Crippen MR) is 44.8 cm³/mol. The molecule has 0 aromatic rings. The van der Waals surface area contributed by atoms with Gasteiger partial charge in [-0.05, 0) is 0 Å². The van der Waals surface area contributed by atoms with Crippen molar-refractivity contribution in [2.75, 3.05) is 0 Å². The van der Waals surface area contributed by atoms with Crippen LogP contribution in [0.2, 0.25) is 0 Å². The van der Waals surface area contributed by atoms with Crippen LogP contribution in [0.3, 0.4) is 0 Å². The highest BCUT2D eigenvalue weighted by molar-refractivity contribution is 4.92. The summed E-state index contributed by atoms with van der Waals surface area (Å²) in [5.41, 5.74) is 0. The molecule has 0 aliphatic carbocycles. The molecule has 0 aliphatic heterocycles. The van der Waals surface area contributed by atoms with Gasteiger partial charge in [-0.15, -0.1) is 18.9 Å². The van der Waals surface area contributed by atoms with Gasteiger partial charge >= 0.3 is 0 Å². The number of hydrogen-bond acceptors (Lipinski definition) is 2. The third-order valence-electron chi connectivity index (χ3n) is 1.71. The Morgan fingerprint density at radius 2 is 2.18 bits per heavy atom. The third kappa shape index (κ3) is 3.22. The lowest BCUT2D eigenvalue weighted by molar-refractivity contribution is 0.0485. The summed E-state index contributed by atoms with van der Waals surface area (Å²) in [5.74, 6) is 2.09. The normalized spacial score (nSPS) is 18.0. The van der Waals surface area contributed by atoms with Crippen molar-refractivity contribution < 1.29 is 10.2 Å². The zero-order chi connectivity index (χ0) is 8.85. The van der Waals surface area contributed by atoms with Crippen molar-refractivity contribution in [3.63, 3.8) is 0 Å². The second-order valence-electron chi connectivity index (χ2n) is 2.56. The summed E-state index contributed by atoms with van der Waals surface area (Å²) in [6.45, 7) is 5.14. The van der Waals surface area contributed by atoms with Gasteiger partial charge in [0.25, 0.3) is 0 Å². The minimum Gasteiger partial charge on any atom is -0.392 e. The van der Waals surface area contributed by atoms with Gasteiger partial charge in [-0.2, -0.15) is 0 Å². The standard InChI is InChI=1S/C9H14O2/c1-4-6-9(11)7(3)8(10)5-2/h1,5,7-11H,2,6H2,3H3/t7-,8+,9+/m0/s1. The fraction of sp³-hybridized carbons (Fsp3) is 0.556. The SMILES string of the molecule is C#CC[C@@H](O)[C@@H](C)[C@H](O)C=C.